The molecule has 0 fully saturated rings. The number of sulfonamides is 1. The summed E-state index contributed by atoms with van der Waals surface area (Å²) < 4.78 is 35.0. The van der Waals surface area contributed by atoms with E-state index in [1.54, 1.807) is 20.8 Å². The summed E-state index contributed by atoms with van der Waals surface area (Å²) in [5.74, 6) is -0.993. The molecule has 0 aliphatic heterocycles. The number of hydrogen-bond acceptors (Lipinski definition) is 5. The van der Waals surface area contributed by atoms with E-state index < -0.39 is 21.9 Å². The Bertz CT molecular complexity index is 315. The van der Waals surface area contributed by atoms with E-state index in [4.69, 9.17) is 9.47 Å². The van der Waals surface area contributed by atoms with Crippen LogP contribution < -0.4 is 4.72 Å². The number of esters is 1. The van der Waals surface area contributed by atoms with E-state index in [0.29, 0.717) is 13.2 Å². The quantitative estimate of drug-likeness (QED) is 0.475. The minimum absolute atomic E-state index is 0.0489. The van der Waals surface area contributed by atoms with Crippen molar-refractivity contribution in [2.45, 2.75) is 20.8 Å². The molecule has 17 heavy (non-hydrogen) atoms. The molecule has 0 spiro atoms. The molecule has 0 saturated heterocycles. The molecule has 0 aromatic rings. The first-order chi connectivity index (χ1) is 7.93. The van der Waals surface area contributed by atoms with Gasteiger partial charge in [-0.2, -0.15) is 0 Å². The lowest BCUT2D eigenvalue weighted by Gasteiger charge is -2.11. The molecule has 1 atom stereocenters. The monoisotopic (exact) mass is 267 g/mol. The number of ether oxygens (including phenoxy) is 2. The first-order valence-corrected chi connectivity index (χ1v) is 7.29. The maximum absolute atomic E-state index is 11.4. The van der Waals surface area contributed by atoms with Crippen molar-refractivity contribution in [2.24, 2.45) is 5.92 Å². The van der Waals surface area contributed by atoms with Gasteiger partial charge in [-0.25, -0.2) is 13.1 Å². The molecule has 0 radical (unpaired) electrons. The average Bonchev–Trinajstić information content (AvgIpc) is 2.26. The molecule has 1 unspecified atom stereocenters. The molecule has 0 rings (SSSR count). The van der Waals surface area contributed by atoms with Gasteiger partial charge in [0.15, 0.2) is 0 Å². The summed E-state index contributed by atoms with van der Waals surface area (Å²) in [6.45, 7) is 6.09. The van der Waals surface area contributed by atoms with Gasteiger partial charge in [0.25, 0.3) is 0 Å². The summed E-state index contributed by atoms with van der Waals surface area (Å²) in [7, 11) is -3.38. The van der Waals surface area contributed by atoms with Crippen molar-refractivity contribution in [3.05, 3.63) is 0 Å². The second-order valence-corrected chi connectivity index (χ2v) is 5.44. The minimum Gasteiger partial charge on any atom is -0.466 e. The summed E-state index contributed by atoms with van der Waals surface area (Å²) in [5, 5.41) is 0. The van der Waals surface area contributed by atoms with E-state index in [-0.39, 0.29) is 18.9 Å². The summed E-state index contributed by atoms with van der Waals surface area (Å²) in [6.07, 6.45) is 0. The standard InChI is InChI=1S/C10H21NO5S/c1-4-15-6-7-17(13,14)11-8-9(3)10(12)16-5-2/h9,11H,4-8H2,1-3H3. The first-order valence-electron chi connectivity index (χ1n) is 5.64. The molecule has 0 amide bonds. The lowest BCUT2D eigenvalue weighted by molar-refractivity contribution is -0.147. The summed E-state index contributed by atoms with van der Waals surface area (Å²) >= 11 is 0. The molecule has 0 aliphatic rings. The normalized spacial score (nSPS) is 13.4. The van der Waals surface area contributed by atoms with Gasteiger partial charge in [-0.1, -0.05) is 6.92 Å². The maximum atomic E-state index is 11.4. The Hall–Kier alpha value is -0.660. The van der Waals surface area contributed by atoms with E-state index >= 15 is 0 Å². The summed E-state index contributed by atoms with van der Waals surface area (Å²) in [5.41, 5.74) is 0. The summed E-state index contributed by atoms with van der Waals surface area (Å²) in [4.78, 5) is 11.2. The van der Waals surface area contributed by atoms with Gasteiger partial charge < -0.3 is 9.47 Å². The van der Waals surface area contributed by atoms with Crippen molar-refractivity contribution in [1.82, 2.24) is 4.72 Å². The third-order valence-electron chi connectivity index (χ3n) is 2.00. The van der Waals surface area contributed by atoms with Gasteiger partial charge >= 0.3 is 5.97 Å². The zero-order chi connectivity index (χ0) is 13.3. The molecule has 6 nitrogen and oxygen atoms in total. The van der Waals surface area contributed by atoms with Gasteiger partial charge in [-0.3, -0.25) is 4.79 Å². The van der Waals surface area contributed by atoms with Crippen LogP contribution in [0.5, 0.6) is 0 Å². The third kappa shape index (κ3) is 8.12. The zero-order valence-electron chi connectivity index (χ0n) is 10.6. The van der Waals surface area contributed by atoms with Crippen LogP contribution in [0.1, 0.15) is 20.8 Å². The maximum Gasteiger partial charge on any atom is 0.309 e. The van der Waals surface area contributed by atoms with Crippen LogP contribution in [0.4, 0.5) is 0 Å². The Balaban J connectivity index is 3.96. The second-order valence-electron chi connectivity index (χ2n) is 3.52. The van der Waals surface area contributed by atoms with E-state index in [1.165, 1.54) is 0 Å². The molecule has 0 aliphatic carbocycles. The number of carbonyl (C=O) groups excluding carboxylic acids is 1. The number of rotatable bonds is 9. The highest BCUT2D eigenvalue weighted by Gasteiger charge is 2.17. The van der Waals surface area contributed by atoms with Crippen molar-refractivity contribution < 1.29 is 22.7 Å². The predicted octanol–water partition coefficient (Wildman–Crippen LogP) is 0.142. The molecule has 0 saturated carbocycles. The van der Waals surface area contributed by atoms with Gasteiger partial charge in [0.05, 0.1) is 24.9 Å². The molecule has 102 valence electrons. The molecule has 7 heteroatoms. The zero-order valence-corrected chi connectivity index (χ0v) is 11.4. The van der Waals surface area contributed by atoms with Crippen molar-refractivity contribution >= 4 is 16.0 Å². The van der Waals surface area contributed by atoms with Crippen LogP contribution in [0.25, 0.3) is 0 Å². The van der Waals surface area contributed by atoms with E-state index in [2.05, 4.69) is 4.72 Å². The lowest BCUT2D eigenvalue weighted by atomic mass is 10.2. The van der Waals surface area contributed by atoms with E-state index in [9.17, 15) is 13.2 Å². The summed E-state index contributed by atoms with van der Waals surface area (Å²) in [6, 6.07) is 0. The van der Waals surface area contributed by atoms with Crippen LogP contribution in [0.15, 0.2) is 0 Å². The highest BCUT2D eigenvalue weighted by Crippen LogP contribution is 1.98. The molecule has 0 heterocycles. The molecule has 0 bridgehead atoms. The number of carbonyl (C=O) groups is 1. The Morgan fingerprint density at radius 3 is 2.47 bits per heavy atom. The average molecular weight is 267 g/mol. The molecular weight excluding hydrogens is 246 g/mol. The fourth-order valence-electron chi connectivity index (χ4n) is 1.00. The number of nitrogens with one attached hydrogen (secondary N) is 1. The van der Waals surface area contributed by atoms with Crippen LogP contribution in [-0.2, 0) is 24.3 Å². The van der Waals surface area contributed by atoms with Crippen molar-refractivity contribution in [3.63, 3.8) is 0 Å². The highest BCUT2D eigenvalue weighted by molar-refractivity contribution is 7.89. The SMILES string of the molecule is CCOCCS(=O)(=O)NCC(C)C(=O)OCC. The van der Waals surface area contributed by atoms with Crippen LogP contribution >= 0.6 is 0 Å². The van der Waals surface area contributed by atoms with Crippen molar-refractivity contribution in [3.8, 4) is 0 Å². The van der Waals surface area contributed by atoms with E-state index in [0.717, 1.165) is 0 Å². The third-order valence-corrected chi connectivity index (χ3v) is 3.31. The first kappa shape index (κ1) is 16.3. The second kappa shape index (κ2) is 8.43. The van der Waals surface area contributed by atoms with Gasteiger partial charge in [-0.15, -0.1) is 0 Å². The largest absolute Gasteiger partial charge is 0.466 e. The van der Waals surface area contributed by atoms with Crippen LogP contribution in [-0.4, -0.2) is 46.5 Å². The Morgan fingerprint density at radius 2 is 1.94 bits per heavy atom. The topological polar surface area (TPSA) is 81.7 Å². The van der Waals surface area contributed by atoms with Crippen LogP contribution in [0.3, 0.4) is 0 Å². The van der Waals surface area contributed by atoms with Crippen LogP contribution in [0.2, 0.25) is 0 Å². The lowest BCUT2D eigenvalue weighted by Crippen LogP contribution is -2.34. The molecular formula is C10H21NO5S. The Labute approximate surface area is 103 Å². The minimum atomic E-state index is -3.38. The van der Waals surface area contributed by atoms with E-state index in [1.807, 2.05) is 0 Å². The van der Waals surface area contributed by atoms with Gasteiger partial charge in [0.1, 0.15) is 0 Å². The van der Waals surface area contributed by atoms with Crippen molar-refractivity contribution in [1.29, 1.82) is 0 Å². The predicted molar refractivity (Wildman–Crippen MR) is 64.1 cm³/mol. The van der Waals surface area contributed by atoms with Gasteiger partial charge in [0.2, 0.25) is 10.0 Å². The highest BCUT2D eigenvalue weighted by atomic mass is 32.2. The smallest absolute Gasteiger partial charge is 0.309 e. The Kier molecular flexibility index (Phi) is 8.11. The molecule has 1 N–H and O–H groups in total. The van der Waals surface area contributed by atoms with Gasteiger partial charge in [0, 0.05) is 13.2 Å². The Morgan fingerprint density at radius 1 is 1.29 bits per heavy atom. The van der Waals surface area contributed by atoms with Crippen LogP contribution in [0, 0.1) is 5.92 Å². The fraction of sp³-hybridized carbons (Fsp3) is 0.900. The van der Waals surface area contributed by atoms with Gasteiger partial charge in [-0.05, 0) is 13.8 Å². The molecule has 0 aromatic carbocycles. The van der Waals surface area contributed by atoms with Crippen molar-refractivity contribution in [2.75, 3.05) is 32.1 Å². The number of hydrogen-bond donors (Lipinski definition) is 1. The molecule has 0 aromatic heterocycles. The fourth-order valence-corrected chi connectivity index (χ4v) is 1.99.